The average Bonchev–Trinajstić information content (AvgIpc) is 3.90. The van der Waals surface area contributed by atoms with E-state index in [0.29, 0.717) is 34.5 Å². The van der Waals surface area contributed by atoms with Crippen LogP contribution in [-0.2, 0) is 0 Å². The minimum absolute atomic E-state index is 0.658. The second-order valence-electron chi connectivity index (χ2n) is 9.64. The Bertz CT molecular complexity index is 2170. The van der Waals surface area contributed by atoms with Crippen molar-refractivity contribution < 1.29 is 28.4 Å². The summed E-state index contributed by atoms with van der Waals surface area (Å²) in [6.45, 7) is 0. The normalized spacial score (nSPS) is 10.9. The number of benzene rings is 3. The van der Waals surface area contributed by atoms with Gasteiger partial charge < -0.3 is 28.4 Å². The second kappa shape index (κ2) is 14.0. The first-order valence-electron chi connectivity index (χ1n) is 13.9. The molecule has 3 aromatic carbocycles. The van der Waals surface area contributed by atoms with Crippen molar-refractivity contribution in [2.24, 2.45) is 0 Å². The molecule has 12 nitrogen and oxygen atoms in total. The Balaban J connectivity index is 0.000000177. The standard InChI is InChI=1S/C20H19N3O4S.C12H10IN3O2S/c1-24-15-7-5-12(9-17(15)26-3)14-11-21-20-23(14)22-19(28-20)13-6-8-16(25-2)18(10-13)27-4;1-17-8-4-3-7(5-9(8)18-2)11-15-16-10(13)6-14-12(16)19-11/h5-11H,1-4H3;3-6H,1-2H3. The van der Waals surface area contributed by atoms with Gasteiger partial charge in [-0.15, -0.1) is 0 Å². The highest BCUT2D eigenvalue weighted by Crippen LogP contribution is 2.37. The SMILES string of the molecule is COc1ccc(-c2nn3c(-c4ccc(OC)c(OC)c4)cnc3s2)cc1OC.COc1ccc(-c2nn3c(I)cnc3s2)cc1OC. The van der Waals surface area contributed by atoms with E-state index >= 15 is 0 Å². The van der Waals surface area contributed by atoms with Crippen LogP contribution in [-0.4, -0.2) is 71.9 Å². The molecule has 15 heteroatoms. The molecule has 7 rings (SSSR count). The summed E-state index contributed by atoms with van der Waals surface area (Å²) in [5.41, 5.74) is 3.74. The van der Waals surface area contributed by atoms with Crippen LogP contribution in [0.2, 0.25) is 0 Å². The van der Waals surface area contributed by atoms with Crippen LogP contribution < -0.4 is 28.4 Å². The van der Waals surface area contributed by atoms with E-state index in [1.54, 1.807) is 66.4 Å². The monoisotopic (exact) mass is 784 g/mol. The van der Waals surface area contributed by atoms with Crippen LogP contribution in [0.5, 0.6) is 34.5 Å². The van der Waals surface area contributed by atoms with Crippen LogP contribution in [0.3, 0.4) is 0 Å². The summed E-state index contributed by atoms with van der Waals surface area (Å²) >= 11 is 5.26. The number of ether oxygens (including phenoxy) is 6. The van der Waals surface area contributed by atoms with Gasteiger partial charge in [0.25, 0.3) is 0 Å². The molecule has 0 atom stereocenters. The lowest BCUT2D eigenvalue weighted by molar-refractivity contribution is 0.355. The summed E-state index contributed by atoms with van der Waals surface area (Å²) in [5, 5.41) is 11.0. The molecule has 0 N–H and O–H groups in total. The van der Waals surface area contributed by atoms with Crippen molar-refractivity contribution in [1.82, 2.24) is 29.2 Å². The summed E-state index contributed by atoms with van der Waals surface area (Å²) in [6.07, 6.45) is 3.61. The highest BCUT2D eigenvalue weighted by Gasteiger charge is 2.17. The van der Waals surface area contributed by atoms with Gasteiger partial charge in [-0.25, -0.2) is 14.5 Å². The third-order valence-corrected chi connectivity index (χ3v) is 9.75. The second-order valence-corrected chi connectivity index (χ2v) is 12.7. The van der Waals surface area contributed by atoms with E-state index in [1.807, 2.05) is 63.6 Å². The van der Waals surface area contributed by atoms with Crippen molar-refractivity contribution in [3.63, 3.8) is 0 Å². The summed E-state index contributed by atoms with van der Waals surface area (Å²) in [7, 11) is 9.71. The number of nitrogens with zero attached hydrogens (tertiary/aromatic N) is 6. The van der Waals surface area contributed by atoms with Crippen LogP contribution in [0.4, 0.5) is 0 Å². The zero-order valence-corrected chi connectivity index (χ0v) is 30.0. The summed E-state index contributed by atoms with van der Waals surface area (Å²) in [5.74, 6) is 4.08. The largest absolute Gasteiger partial charge is 0.493 e. The predicted octanol–water partition coefficient (Wildman–Crippen LogP) is 7.24. The van der Waals surface area contributed by atoms with Crippen molar-refractivity contribution in [2.45, 2.75) is 0 Å². The summed E-state index contributed by atoms with van der Waals surface area (Å²) in [6, 6.07) is 17.2. The predicted molar refractivity (Wildman–Crippen MR) is 190 cm³/mol. The average molecular weight is 785 g/mol. The molecular weight excluding hydrogens is 755 g/mol. The molecule has 4 heterocycles. The summed E-state index contributed by atoms with van der Waals surface area (Å²) in [4.78, 5) is 10.5. The number of fused-ring (bicyclic) bond motifs is 2. The van der Waals surface area contributed by atoms with Crippen LogP contribution >= 0.6 is 45.3 Å². The third-order valence-electron chi connectivity index (χ3n) is 7.07. The number of aromatic nitrogens is 6. The molecule has 0 aliphatic carbocycles. The fourth-order valence-electron chi connectivity index (χ4n) is 4.72. The Kier molecular flexibility index (Phi) is 9.65. The molecule has 0 unspecified atom stereocenters. The van der Waals surface area contributed by atoms with E-state index < -0.39 is 0 Å². The van der Waals surface area contributed by atoms with Gasteiger partial charge in [-0.2, -0.15) is 14.7 Å². The molecule has 0 radical (unpaired) electrons. The van der Waals surface area contributed by atoms with Crippen LogP contribution in [0, 0.1) is 3.70 Å². The molecule has 0 saturated heterocycles. The number of halogens is 1. The number of methoxy groups -OCH3 is 6. The van der Waals surface area contributed by atoms with Crippen molar-refractivity contribution in [3.05, 3.63) is 70.7 Å². The zero-order chi connectivity index (χ0) is 33.1. The van der Waals surface area contributed by atoms with Gasteiger partial charge in [-0.05, 0) is 77.2 Å². The van der Waals surface area contributed by atoms with Crippen molar-refractivity contribution in [1.29, 1.82) is 0 Å². The number of imidazole rings is 2. The Morgan fingerprint density at radius 1 is 0.511 bits per heavy atom. The minimum atomic E-state index is 0.658. The molecule has 242 valence electrons. The molecule has 0 fully saturated rings. The Morgan fingerprint density at radius 3 is 1.38 bits per heavy atom. The quantitative estimate of drug-likeness (QED) is 0.139. The maximum Gasteiger partial charge on any atom is 0.213 e. The maximum atomic E-state index is 5.41. The molecule has 0 aliphatic heterocycles. The Hall–Kier alpha value is -4.61. The molecule has 4 aromatic heterocycles. The van der Waals surface area contributed by atoms with E-state index in [0.717, 1.165) is 46.0 Å². The van der Waals surface area contributed by atoms with E-state index in [1.165, 1.54) is 11.3 Å². The van der Waals surface area contributed by atoms with E-state index in [4.69, 9.17) is 33.5 Å². The van der Waals surface area contributed by atoms with E-state index in [2.05, 4.69) is 37.7 Å². The van der Waals surface area contributed by atoms with E-state index in [9.17, 15) is 0 Å². The van der Waals surface area contributed by atoms with Gasteiger partial charge in [-0.3, -0.25) is 0 Å². The molecule has 0 amide bonds. The molecule has 7 aromatic rings. The molecule has 0 bridgehead atoms. The first-order valence-corrected chi connectivity index (χ1v) is 16.6. The molecule has 0 aliphatic rings. The highest BCUT2D eigenvalue weighted by atomic mass is 127. The smallest absolute Gasteiger partial charge is 0.213 e. The number of hydrogen-bond donors (Lipinski definition) is 0. The van der Waals surface area contributed by atoms with Crippen molar-refractivity contribution in [2.75, 3.05) is 42.7 Å². The minimum Gasteiger partial charge on any atom is -0.493 e. The lowest BCUT2D eigenvalue weighted by Crippen LogP contribution is -1.93. The molecule has 0 saturated carbocycles. The van der Waals surface area contributed by atoms with Gasteiger partial charge in [0.05, 0.1) is 60.7 Å². The fraction of sp³-hybridized carbons (Fsp3) is 0.188. The Morgan fingerprint density at radius 2 is 0.915 bits per heavy atom. The van der Waals surface area contributed by atoms with Gasteiger partial charge >= 0.3 is 0 Å². The topological polar surface area (TPSA) is 116 Å². The van der Waals surface area contributed by atoms with Crippen molar-refractivity contribution >= 4 is 55.2 Å². The van der Waals surface area contributed by atoms with Crippen LogP contribution in [0.15, 0.2) is 67.0 Å². The number of hydrogen-bond acceptors (Lipinski definition) is 12. The molecular formula is C32H29IN6O6S2. The fourth-order valence-corrected chi connectivity index (χ4v) is 7.11. The van der Waals surface area contributed by atoms with Gasteiger partial charge in [0.1, 0.15) is 13.7 Å². The molecule has 47 heavy (non-hydrogen) atoms. The zero-order valence-electron chi connectivity index (χ0n) is 26.2. The number of rotatable bonds is 9. The summed E-state index contributed by atoms with van der Waals surface area (Å²) < 4.78 is 36.6. The maximum absolute atomic E-state index is 5.41. The van der Waals surface area contributed by atoms with Gasteiger partial charge in [0.2, 0.25) is 9.92 Å². The highest BCUT2D eigenvalue weighted by molar-refractivity contribution is 14.1. The van der Waals surface area contributed by atoms with E-state index in [-0.39, 0.29) is 0 Å². The van der Waals surface area contributed by atoms with Gasteiger partial charge in [-0.1, -0.05) is 22.7 Å². The molecule has 0 spiro atoms. The lowest BCUT2D eigenvalue weighted by atomic mass is 10.1. The van der Waals surface area contributed by atoms with Crippen LogP contribution in [0.1, 0.15) is 0 Å². The van der Waals surface area contributed by atoms with Crippen molar-refractivity contribution in [3.8, 4) is 66.9 Å². The first-order chi connectivity index (χ1) is 22.9. The van der Waals surface area contributed by atoms with Gasteiger partial charge in [0, 0.05) is 16.7 Å². The van der Waals surface area contributed by atoms with Gasteiger partial charge in [0.15, 0.2) is 34.5 Å². The van der Waals surface area contributed by atoms with Crippen LogP contribution in [0.25, 0.3) is 42.3 Å². The first kappa shape index (κ1) is 32.3. The Labute approximate surface area is 291 Å². The lowest BCUT2D eigenvalue weighted by Gasteiger charge is -2.09. The third kappa shape index (κ3) is 6.37.